The fourth-order valence-corrected chi connectivity index (χ4v) is 1.46. The Balaban J connectivity index is 3.28. The molecule has 0 heterocycles. The molecule has 3 nitrogen and oxygen atoms in total. The van der Waals surface area contributed by atoms with Gasteiger partial charge in [0.15, 0.2) is 11.6 Å². The second-order valence-corrected chi connectivity index (χ2v) is 4.06. The molecule has 0 bridgehead atoms. The van der Waals surface area contributed by atoms with Crippen LogP contribution in [-0.2, 0) is 0 Å². The summed E-state index contributed by atoms with van der Waals surface area (Å²) in [5.74, 6) is 0.265. The van der Waals surface area contributed by atoms with Crippen LogP contribution in [-0.4, -0.2) is 18.7 Å². The van der Waals surface area contributed by atoms with E-state index in [1.807, 2.05) is 13.8 Å². The molecule has 1 aromatic carbocycles. The predicted octanol–water partition coefficient (Wildman–Crippen LogP) is 3.05. The summed E-state index contributed by atoms with van der Waals surface area (Å²) in [6.45, 7) is 5.16. The number of methoxy groups -OCH3 is 1. The minimum atomic E-state index is -0.148. The second kappa shape index (κ2) is 5.43. The van der Waals surface area contributed by atoms with Crippen molar-refractivity contribution in [3.05, 3.63) is 41.0 Å². The number of hydrogen-bond donors (Lipinski definition) is 0. The summed E-state index contributed by atoms with van der Waals surface area (Å²) in [5.41, 5.74) is 1.84. The Labute approximate surface area is 101 Å². The molecule has 17 heavy (non-hydrogen) atoms. The van der Waals surface area contributed by atoms with E-state index in [0.29, 0.717) is 16.9 Å². The third-order valence-corrected chi connectivity index (χ3v) is 2.29. The average Bonchev–Trinajstić information content (AvgIpc) is 2.27. The molecule has 0 aliphatic rings. The number of benzene rings is 1. The van der Waals surface area contributed by atoms with E-state index in [4.69, 9.17) is 4.74 Å². The normalized spacial score (nSPS) is 9.65. The standard InChI is InChI=1S/C14H16O3/c1-9(2)7-13(16)12-8-11(10(3)15)5-6-14(12)17-4/h5-8H,1-4H3. The van der Waals surface area contributed by atoms with Gasteiger partial charge in [0.25, 0.3) is 0 Å². The number of rotatable bonds is 4. The van der Waals surface area contributed by atoms with E-state index in [9.17, 15) is 9.59 Å². The third-order valence-electron chi connectivity index (χ3n) is 2.29. The maximum absolute atomic E-state index is 11.9. The van der Waals surface area contributed by atoms with Gasteiger partial charge in [0.2, 0.25) is 0 Å². The summed E-state index contributed by atoms with van der Waals surface area (Å²) in [5, 5.41) is 0. The molecule has 0 aromatic heterocycles. The first-order chi connectivity index (χ1) is 7.95. The highest BCUT2D eigenvalue weighted by Gasteiger charge is 2.12. The number of allylic oxidation sites excluding steroid dienone is 2. The van der Waals surface area contributed by atoms with Crippen LogP contribution in [0.25, 0.3) is 0 Å². The van der Waals surface area contributed by atoms with Crippen LogP contribution in [0.15, 0.2) is 29.8 Å². The van der Waals surface area contributed by atoms with Gasteiger partial charge in [0.05, 0.1) is 12.7 Å². The highest BCUT2D eigenvalue weighted by molar-refractivity contribution is 6.08. The molecule has 0 atom stereocenters. The van der Waals surface area contributed by atoms with Crippen molar-refractivity contribution in [2.75, 3.05) is 7.11 Å². The summed E-state index contributed by atoms with van der Waals surface area (Å²) in [4.78, 5) is 23.2. The van der Waals surface area contributed by atoms with Gasteiger partial charge in [-0.05, 0) is 45.0 Å². The van der Waals surface area contributed by atoms with E-state index >= 15 is 0 Å². The molecule has 0 fully saturated rings. The van der Waals surface area contributed by atoms with Crippen LogP contribution in [0.3, 0.4) is 0 Å². The lowest BCUT2D eigenvalue weighted by atomic mass is 10.0. The Morgan fingerprint density at radius 3 is 2.29 bits per heavy atom. The topological polar surface area (TPSA) is 43.4 Å². The van der Waals surface area contributed by atoms with E-state index < -0.39 is 0 Å². The van der Waals surface area contributed by atoms with Crippen molar-refractivity contribution in [3.8, 4) is 5.75 Å². The zero-order valence-electron chi connectivity index (χ0n) is 10.5. The lowest BCUT2D eigenvalue weighted by molar-refractivity contribution is 0.101. The van der Waals surface area contributed by atoms with Gasteiger partial charge >= 0.3 is 0 Å². The SMILES string of the molecule is COc1ccc(C(C)=O)cc1C(=O)C=C(C)C. The molecule has 90 valence electrons. The third kappa shape index (κ3) is 3.28. The molecule has 0 spiro atoms. The molecule has 0 unspecified atom stereocenters. The number of ketones is 2. The number of ether oxygens (including phenoxy) is 1. The Kier molecular flexibility index (Phi) is 4.21. The van der Waals surface area contributed by atoms with Crippen molar-refractivity contribution in [1.82, 2.24) is 0 Å². The van der Waals surface area contributed by atoms with Crippen molar-refractivity contribution in [1.29, 1.82) is 0 Å². The molecular formula is C14H16O3. The number of hydrogen-bond acceptors (Lipinski definition) is 3. The van der Waals surface area contributed by atoms with Gasteiger partial charge < -0.3 is 4.74 Å². The highest BCUT2D eigenvalue weighted by atomic mass is 16.5. The monoisotopic (exact) mass is 232 g/mol. The van der Waals surface area contributed by atoms with Gasteiger partial charge in [-0.25, -0.2) is 0 Å². The number of carbonyl (C=O) groups is 2. The Morgan fingerprint density at radius 2 is 1.82 bits per heavy atom. The quantitative estimate of drug-likeness (QED) is 0.592. The summed E-state index contributed by atoms with van der Waals surface area (Å²) < 4.78 is 5.12. The Bertz CT molecular complexity index is 480. The molecule has 0 amide bonds. The molecule has 1 rings (SSSR count). The van der Waals surface area contributed by atoms with E-state index in [2.05, 4.69) is 0 Å². The maximum atomic E-state index is 11.9. The van der Waals surface area contributed by atoms with Crippen molar-refractivity contribution in [2.45, 2.75) is 20.8 Å². The number of Topliss-reactive ketones (excluding diaryl/α,β-unsaturated/α-hetero) is 1. The smallest absolute Gasteiger partial charge is 0.189 e. The van der Waals surface area contributed by atoms with Crippen molar-refractivity contribution in [3.63, 3.8) is 0 Å². The summed E-state index contributed by atoms with van der Waals surface area (Å²) >= 11 is 0. The van der Waals surface area contributed by atoms with E-state index in [-0.39, 0.29) is 11.6 Å². The van der Waals surface area contributed by atoms with Gasteiger partial charge in [-0.15, -0.1) is 0 Å². The van der Waals surface area contributed by atoms with Crippen LogP contribution in [0.5, 0.6) is 5.75 Å². The van der Waals surface area contributed by atoms with E-state index in [1.54, 1.807) is 18.2 Å². The summed E-state index contributed by atoms with van der Waals surface area (Å²) in [7, 11) is 1.50. The Morgan fingerprint density at radius 1 is 1.18 bits per heavy atom. The lowest BCUT2D eigenvalue weighted by Crippen LogP contribution is -2.02. The van der Waals surface area contributed by atoms with Crippen molar-refractivity contribution in [2.24, 2.45) is 0 Å². The van der Waals surface area contributed by atoms with Crippen LogP contribution in [0, 0.1) is 0 Å². The minimum absolute atomic E-state index is 0.0705. The highest BCUT2D eigenvalue weighted by Crippen LogP contribution is 2.21. The first kappa shape index (κ1) is 13.2. The van der Waals surface area contributed by atoms with Crippen molar-refractivity contribution < 1.29 is 14.3 Å². The van der Waals surface area contributed by atoms with Gasteiger partial charge in [-0.2, -0.15) is 0 Å². The molecule has 0 aliphatic carbocycles. The van der Waals surface area contributed by atoms with Gasteiger partial charge in [0, 0.05) is 5.56 Å². The molecule has 0 N–H and O–H groups in total. The molecule has 3 heteroatoms. The minimum Gasteiger partial charge on any atom is -0.496 e. The van der Waals surface area contributed by atoms with Gasteiger partial charge in [0.1, 0.15) is 5.75 Å². The zero-order chi connectivity index (χ0) is 13.0. The molecular weight excluding hydrogens is 216 g/mol. The zero-order valence-corrected chi connectivity index (χ0v) is 10.5. The first-order valence-electron chi connectivity index (χ1n) is 5.34. The van der Waals surface area contributed by atoms with Gasteiger partial charge in [-0.1, -0.05) is 5.57 Å². The number of carbonyl (C=O) groups excluding carboxylic acids is 2. The van der Waals surface area contributed by atoms with E-state index in [0.717, 1.165) is 5.57 Å². The predicted molar refractivity (Wildman–Crippen MR) is 66.8 cm³/mol. The molecule has 1 aromatic rings. The van der Waals surface area contributed by atoms with Gasteiger partial charge in [-0.3, -0.25) is 9.59 Å². The summed E-state index contributed by atoms with van der Waals surface area (Å²) in [6, 6.07) is 4.87. The van der Waals surface area contributed by atoms with Crippen LogP contribution in [0.1, 0.15) is 41.5 Å². The molecule has 0 saturated heterocycles. The fourth-order valence-electron chi connectivity index (χ4n) is 1.46. The van der Waals surface area contributed by atoms with Crippen molar-refractivity contribution >= 4 is 11.6 Å². The lowest BCUT2D eigenvalue weighted by Gasteiger charge is -2.07. The average molecular weight is 232 g/mol. The molecule has 0 radical (unpaired) electrons. The first-order valence-corrected chi connectivity index (χ1v) is 5.34. The molecule has 0 aliphatic heterocycles. The largest absolute Gasteiger partial charge is 0.496 e. The molecule has 0 saturated carbocycles. The van der Waals surface area contributed by atoms with E-state index in [1.165, 1.54) is 20.1 Å². The Hall–Kier alpha value is -1.90. The van der Waals surface area contributed by atoms with Crippen LogP contribution < -0.4 is 4.74 Å². The van der Waals surface area contributed by atoms with Crippen LogP contribution in [0.2, 0.25) is 0 Å². The fraction of sp³-hybridized carbons (Fsp3) is 0.286. The summed E-state index contributed by atoms with van der Waals surface area (Å²) in [6.07, 6.45) is 1.53. The van der Waals surface area contributed by atoms with Crippen LogP contribution >= 0.6 is 0 Å². The maximum Gasteiger partial charge on any atom is 0.189 e. The second-order valence-electron chi connectivity index (χ2n) is 4.06. The van der Waals surface area contributed by atoms with Crippen LogP contribution in [0.4, 0.5) is 0 Å².